The standard InChI is InChI=1S/C13H14FNO3/c1-9-2-4-10(5-3-9)11(16)15-7-6-13(14,8-15)12(17)18/h2-5H,6-8H2,1H3,(H,17,18). The number of likely N-dealkylation sites (tertiary alicyclic amines) is 1. The first-order valence-corrected chi connectivity index (χ1v) is 5.71. The molecule has 1 aliphatic rings. The Morgan fingerprint density at radius 2 is 1.94 bits per heavy atom. The van der Waals surface area contributed by atoms with E-state index < -0.39 is 11.6 Å². The van der Waals surface area contributed by atoms with Gasteiger partial charge in [0.1, 0.15) is 0 Å². The largest absolute Gasteiger partial charge is 0.479 e. The van der Waals surface area contributed by atoms with Crippen LogP contribution in [0.3, 0.4) is 0 Å². The van der Waals surface area contributed by atoms with Gasteiger partial charge in [0.25, 0.3) is 5.91 Å². The summed E-state index contributed by atoms with van der Waals surface area (Å²) in [5.41, 5.74) is -0.825. The number of aliphatic carboxylic acids is 1. The van der Waals surface area contributed by atoms with E-state index >= 15 is 0 Å². The van der Waals surface area contributed by atoms with E-state index in [0.29, 0.717) is 5.56 Å². The number of hydrogen-bond acceptors (Lipinski definition) is 2. The second-order valence-corrected chi connectivity index (χ2v) is 4.61. The third-order valence-corrected chi connectivity index (χ3v) is 3.19. The average Bonchev–Trinajstić information content (AvgIpc) is 2.73. The number of amides is 1. The Morgan fingerprint density at radius 3 is 2.44 bits per heavy atom. The van der Waals surface area contributed by atoms with Gasteiger partial charge < -0.3 is 10.0 Å². The number of carbonyl (C=O) groups is 2. The molecule has 5 heteroatoms. The minimum atomic E-state index is -2.31. The summed E-state index contributed by atoms with van der Waals surface area (Å²) < 4.78 is 13.8. The van der Waals surface area contributed by atoms with Crippen molar-refractivity contribution >= 4 is 11.9 Å². The summed E-state index contributed by atoms with van der Waals surface area (Å²) >= 11 is 0. The molecule has 1 aromatic carbocycles. The number of alkyl halides is 1. The fraction of sp³-hybridized carbons (Fsp3) is 0.385. The van der Waals surface area contributed by atoms with Gasteiger partial charge in [-0.3, -0.25) is 4.79 Å². The monoisotopic (exact) mass is 251 g/mol. The number of hydrogen-bond donors (Lipinski definition) is 1. The van der Waals surface area contributed by atoms with Crippen LogP contribution in [0.5, 0.6) is 0 Å². The number of halogens is 1. The SMILES string of the molecule is Cc1ccc(C(=O)N2CCC(F)(C(=O)O)C2)cc1. The van der Waals surface area contributed by atoms with Crippen LogP contribution in [0.15, 0.2) is 24.3 Å². The molecule has 0 aliphatic carbocycles. The molecule has 1 fully saturated rings. The predicted octanol–water partition coefficient (Wildman–Crippen LogP) is 1.63. The van der Waals surface area contributed by atoms with Crippen molar-refractivity contribution in [3.63, 3.8) is 0 Å². The van der Waals surface area contributed by atoms with Crippen molar-refractivity contribution < 1.29 is 19.1 Å². The minimum absolute atomic E-state index is 0.134. The van der Waals surface area contributed by atoms with E-state index in [9.17, 15) is 14.0 Å². The number of carboxylic acids is 1. The number of nitrogens with zero attached hydrogens (tertiary/aromatic N) is 1. The van der Waals surface area contributed by atoms with Gasteiger partial charge in [-0.2, -0.15) is 0 Å². The zero-order valence-electron chi connectivity index (χ0n) is 10.0. The van der Waals surface area contributed by atoms with Gasteiger partial charge in [0.2, 0.25) is 5.67 Å². The molecular formula is C13H14FNO3. The molecular weight excluding hydrogens is 237 g/mol. The quantitative estimate of drug-likeness (QED) is 0.869. The first kappa shape index (κ1) is 12.5. The van der Waals surface area contributed by atoms with Crippen LogP contribution < -0.4 is 0 Å². The van der Waals surface area contributed by atoms with Crippen molar-refractivity contribution in [2.24, 2.45) is 0 Å². The van der Waals surface area contributed by atoms with Gasteiger partial charge in [-0.1, -0.05) is 17.7 Å². The van der Waals surface area contributed by atoms with Crippen molar-refractivity contribution in [1.82, 2.24) is 4.90 Å². The summed E-state index contributed by atoms with van der Waals surface area (Å²) in [4.78, 5) is 24.0. The number of rotatable bonds is 2. The van der Waals surface area contributed by atoms with Crippen LogP contribution in [0.4, 0.5) is 4.39 Å². The highest BCUT2D eigenvalue weighted by atomic mass is 19.1. The molecule has 0 spiro atoms. The first-order valence-electron chi connectivity index (χ1n) is 5.71. The zero-order chi connectivity index (χ0) is 13.3. The Hall–Kier alpha value is -1.91. The molecule has 1 saturated heterocycles. The first-order chi connectivity index (χ1) is 8.42. The Labute approximate surface area is 104 Å². The number of aryl methyl sites for hydroxylation is 1. The maximum atomic E-state index is 13.8. The molecule has 1 aromatic rings. The third-order valence-electron chi connectivity index (χ3n) is 3.19. The maximum Gasteiger partial charge on any atom is 0.343 e. The maximum absolute atomic E-state index is 13.8. The molecule has 4 nitrogen and oxygen atoms in total. The highest BCUT2D eigenvalue weighted by Gasteiger charge is 2.46. The molecule has 18 heavy (non-hydrogen) atoms. The van der Waals surface area contributed by atoms with Gasteiger partial charge in [0.05, 0.1) is 6.54 Å². The van der Waals surface area contributed by atoms with Crippen LogP contribution in [0, 0.1) is 6.92 Å². The molecule has 1 atom stereocenters. The van der Waals surface area contributed by atoms with Gasteiger partial charge in [-0.25, -0.2) is 9.18 Å². The molecule has 0 radical (unpaired) electrons. The van der Waals surface area contributed by atoms with Gasteiger partial charge >= 0.3 is 5.97 Å². The zero-order valence-corrected chi connectivity index (χ0v) is 10.0. The second kappa shape index (κ2) is 4.40. The van der Waals surface area contributed by atoms with E-state index in [1.165, 1.54) is 4.90 Å². The summed E-state index contributed by atoms with van der Waals surface area (Å²) in [6.07, 6.45) is -0.153. The summed E-state index contributed by atoms with van der Waals surface area (Å²) in [7, 11) is 0. The summed E-state index contributed by atoms with van der Waals surface area (Å²) in [6.45, 7) is 1.66. The molecule has 1 heterocycles. The number of carboxylic acid groups (broad SMARTS) is 1. The van der Waals surface area contributed by atoms with Crippen LogP contribution in [0.1, 0.15) is 22.3 Å². The Kier molecular flexibility index (Phi) is 3.07. The lowest BCUT2D eigenvalue weighted by Gasteiger charge is -2.17. The number of carbonyl (C=O) groups excluding carboxylic acids is 1. The fourth-order valence-electron chi connectivity index (χ4n) is 2.00. The summed E-state index contributed by atoms with van der Waals surface area (Å²) in [5, 5.41) is 8.77. The van der Waals surface area contributed by atoms with E-state index in [0.717, 1.165) is 5.56 Å². The Balaban J connectivity index is 2.12. The van der Waals surface area contributed by atoms with Crippen molar-refractivity contribution in [3.05, 3.63) is 35.4 Å². The molecule has 0 aromatic heterocycles. The van der Waals surface area contributed by atoms with Gasteiger partial charge in [-0.15, -0.1) is 0 Å². The minimum Gasteiger partial charge on any atom is -0.479 e. The topological polar surface area (TPSA) is 57.6 Å². The second-order valence-electron chi connectivity index (χ2n) is 4.61. The van der Waals surface area contributed by atoms with E-state index in [2.05, 4.69) is 0 Å². The van der Waals surface area contributed by atoms with E-state index in [4.69, 9.17) is 5.11 Å². The van der Waals surface area contributed by atoms with E-state index in [1.807, 2.05) is 6.92 Å². The fourth-order valence-corrected chi connectivity index (χ4v) is 2.00. The van der Waals surface area contributed by atoms with Crippen LogP contribution in [0.2, 0.25) is 0 Å². The summed E-state index contributed by atoms with van der Waals surface area (Å²) in [5.74, 6) is -1.82. The number of benzene rings is 1. The molecule has 1 amide bonds. The van der Waals surface area contributed by atoms with Gasteiger partial charge in [0, 0.05) is 18.5 Å². The van der Waals surface area contributed by atoms with Crippen LogP contribution in [-0.4, -0.2) is 40.6 Å². The van der Waals surface area contributed by atoms with Crippen molar-refractivity contribution in [3.8, 4) is 0 Å². The van der Waals surface area contributed by atoms with E-state index in [-0.39, 0.29) is 25.4 Å². The molecule has 1 N–H and O–H groups in total. The van der Waals surface area contributed by atoms with Crippen molar-refractivity contribution in [2.45, 2.75) is 19.0 Å². The smallest absolute Gasteiger partial charge is 0.343 e. The molecule has 0 saturated carbocycles. The summed E-state index contributed by atoms with van der Waals surface area (Å²) in [6, 6.07) is 6.92. The van der Waals surface area contributed by atoms with Gasteiger partial charge in [0.15, 0.2) is 0 Å². The highest BCUT2D eigenvalue weighted by molar-refractivity contribution is 5.95. The van der Waals surface area contributed by atoms with Gasteiger partial charge in [-0.05, 0) is 19.1 Å². The third kappa shape index (κ3) is 2.20. The molecule has 96 valence electrons. The average molecular weight is 251 g/mol. The lowest BCUT2D eigenvalue weighted by Crippen LogP contribution is -2.38. The van der Waals surface area contributed by atoms with Crippen molar-refractivity contribution in [1.29, 1.82) is 0 Å². The highest BCUT2D eigenvalue weighted by Crippen LogP contribution is 2.27. The molecule has 0 bridgehead atoms. The van der Waals surface area contributed by atoms with Crippen LogP contribution in [0.25, 0.3) is 0 Å². The van der Waals surface area contributed by atoms with Crippen molar-refractivity contribution in [2.75, 3.05) is 13.1 Å². The lowest BCUT2D eigenvalue weighted by atomic mass is 10.1. The molecule has 1 unspecified atom stereocenters. The van der Waals surface area contributed by atoms with E-state index in [1.54, 1.807) is 24.3 Å². The Bertz CT molecular complexity index is 486. The Morgan fingerprint density at radius 1 is 1.33 bits per heavy atom. The normalized spacial score (nSPS) is 23.1. The molecule has 1 aliphatic heterocycles. The lowest BCUT2D eigenvalue weighted by molar-refractivity contribution is -0.149. The van der Waals surface area contributed by atoms with Crippen LogP contribution >= 0.6 is 0 Å². The predicted molar refractivity (Wildman–Crippen MR) is 63.2 cm³/mol. The molecule has 2 rings (SSSR count). The van der Waals surface area contributed by atoms with Crippen LogP contribution in [-0.2, 0) is 4.79 Å².